The summed E-state index contributed by atoms with van der Waals surface area (Å²) in [5, 5.41) is 29.5. The molecule has 0 saturated carbocycles. The highest BCUT2D eigenvalue weighted by atomic mass is 16.4. The van der Waals surface area contributed by atoms with Crippen molar-refractivity contribution in [3.05, 3.63) is 0 Å². The maximum Gasteiger partial charge on any atom is 0.451 e. The average Bonchev–Trinajstić information content (AvgIpc) is 2.17. The zero-order valence-corrected chi connectivity index (χ0v) is 8.72. The van der Waals surface area contributed by atoms with Crippen LogP contribution in [-0.4, -0.2) is 41.3 Å². The number of carboxylic acid groups (broad SMARTS) is 1. The number of piperidine rings is 1. The molecule has 0 unspecified atom stereocenters. The fourth-order valence-corrected chi connectivity index (χ4v) is 2.11. The van der Waals surface area contributed by atoms with Gasteiger partial charge >= 0.3 is 13.1 Å². The highest BCUT2D eigenvalue weighted by molar-refractivity contribution is 6.40. The third kappa shape index (κ3) is 4.19. The average molecular weight is 215 g/mol. The standard InChI is InChI=1S/C9H18BNO4/c12-9(13)8-3-5-11-6-7(8)2-1-4-10(14)15/h7-8,11,14-15H,1-6H2,(H,12,13)/t7-,8+/m0/s1. The highest BCUT2D eigenvalue weighted by Gasteiger charge is 2.30. The van der Waals surface area contributed by atoms with Crippen LogP contribution < -0.4 is 5.32 Å². The van der Waals surface area contributed by atoms with Gasteiger partial charge in [0.05, 0.1) is 5.92 Å². The first-order valence-corrected chi connectivity index (χ1v) is 5.41. The van der Waals surface area contributed by atoms with Crippen molar-refractivity contribution in [1.82, 2.24) is 5.32 Å². The van der Waals surface area contributed by atoms with Gasteiger partial charge in [-0.05, 0) is 38.2 Å². The molecule has 15 heavy (non-hydrogen) atoms. The van der Waals surface area contributed by atoms with E-state index >= 15 is 0 Å². The van der Waals surface area contributed by atoms with Crippen molar-refractivity contribution >= 4 is 13.1 Å². The Kier molecular flexibility index (Phi) is 5.07. The van der Waals surface area contributed by atoms with Crippen LogP contribution in [0.2, 0.25) is 6.32 Å². The summed E-state index contributed by atoms with van der Waals surface area (Å²) in [5.74, 6) is -0.886. The fourth-order valence-electron chi connectivity index (χ4n) is 2.11. The van der Waals surface area contributed by atoms with E-state index < -0.39 is 13.1 Å². The second-order valence-electron chi connectivity index (χ2n) is 4.11. The van der Waals surface area contributed by atoms with Crippen molar-refractivity contribution in [2.45, 2.75) is 25.6 Å². The van der Waals surface area contributed by atoms with E-state index in [1.807, 2.05) is 0 Å². The second-order valence-corrected chi connectivity index (χ2v) is 4.11. The fraction of sp³-hybridized carbons (Fsp3) is 0.889. The molecular weight excluding hydrogens is 197 g/mol. The van der Waals surface area contributed by atoms with Crippen LogP contribution in [0, 0.1) is 11.8 Å². The lowest BCUT2D eigenvalue weighted by Gasteiger charge is -2.29. The topological polar surface area (TPSA) is 89.8 Å². The van der Waals surface area contributed by atoms with Gasteiger partial charge in [0.1, 0.15) is 0 Å². The molecule has 0 radical (unpaired) electrons. The largest absolute Gasteiger partial charge is 0.481 e. The van der Waals surface area contributed by atoms with Gasteiger partial charge in [-0.1, -0.05) is 6.42 Å². The van der Waals surface area contributed by atoms with E-state index in [1.165, 1.54) is 0 Å². The molecule has 1 saturated heterocycles. The molecule has 0 aromatic heterocycles. The third-order valence-corrected chi connectivity index (χ3v) is 2.96. The number of nitrogens with one attached hydrogen (secondary N) is 1. The quantitative estimate of drug-likeness (QED) is 0.466. The van der Waals surface area contributed by atoms with Gasteiger partial charge in [0.2, 0.25) is 0 Å². The first kappa shape index (κ1) is 12.5. The van der Waals surface area contributed by atoms with Gasteiger partial charge in [0.25, 0.3) is 0 Å². The number of hydrogen-bond acceptors (Lipinski definition) is 4. The van der Waals surface area contributed by atoms with Crippen molar-refractivity contribution in [3.8, 4) is 0 Å². The van der Waals surface area contributed by atoms with E-state index in [2.05, 4.69) is 5.32 Å². The Bertz CT molecular complexity index is 212. The van der Waals surface area contributed by atoms with E-state index in [4.69, 9.17) is 15.2 Å². The molecule has 1 fully saturated rings. The van der Waals surface area contributed by atoms with Crippen LogP contribution >= 0.6 is 0 Å². The molecule has 4 N–H and O–H groups in total. The summed E-state index contributed by atoms with van der Waals surface area (Å²) >= 11 is 0. The van der Waals surface area contributed by atoms with Gasteiger partial charge in [-0.2, -0.15) is 0 Å². The zero-order chi connectivity index (χ0) is 11.3. The van der Waals surface area contributed by atoms with E-state index in [0.29, 0.717) is 19.2 Å². The molecule has 0 aliphatic carbocycles. The number of hydrogen-bond donors (Lipinski definition) is 4. The normalized spacial score (nSPS) is 26.3. The summed E-state index contributed by atoms with van der Waals surface area (Å²) in [6.45, 7) is 1.48. The van der Waals surface area contributed by atoms with Gasteiger partial charge in [0.15, 0.2) is 0 Å². The van der Waals surface area contributed by atoms with E-state index in [-0.39, 0.29) is 11.8 Å². The van der Waals surface area contributed by atoms with Crippen LogP contribution in [0.1, 0.15) is 19.3 Å². The van der Waals surface area contributed by atoms with Gasteiger partial charge in [-0.25, -0.2) is 0 Å². The first-order valence-electron chi connectivity index (χ1n) is 5.41. The summed E-state index contributed by atoms with van der Waals surface area (Å²) in [4.78, 5) is 10.9. The maximum atomic E-state index is 10.9. The summed E-state index contributed by atoms with van der Waals surface area (Å²) in [6.07, 6.45) is 2.39. The molecular formula is C9H18BNO4. The lowest BCUT2D eigenvalue weighted by molar-refractivity contribution is -0.144. The third-order valence-electron chi connectivity index (χ3n) is 2.96. The Morgan fingerprint density at radius 3 is 2.80 bits per heavy atom. The SMILES string of the molecule is O=C(O)[C@@H]1CCNC[C@@H]1CCCB(O)O. The van der Waals surface area contributed by atoms with Crippen molar-refractivity contribution in [2.24, 2.45) is 11.8 Å². The molecule has 1 rings (SSSR count). The maximum absolute atomic E-state index is 10.9. The van der Waals surface area contributed by atoms with Crippen molar-refractivity contribution in [2.75, 3.05) is 13.1 Å². The lowest BCUT2D eigenvalue weighted by Crippen LogP contribution is -2.40. The number of carbonyl (C=O) groups is 1. The Balaban J connectivity index is 2.33. The molecule has 86 valence electrons. The molecule has 0 aromatic rings. The minimum absolute atomic E-state index is 0.120. The van der Waals surface area contributed by atoms with Crippen molar-refractivity contribution in [1.29, 1.82) is 0 Å². The Hall–Kier alpha value is -0.585. The second kappa shape index (κ2) is 6.10. The molecule has 1 heterocycles. The smallest absolute Gasteiger partial charge is 0.451 e. The molecule has 0 aromatic carbocycles. The molecule has 0 bridgehead atoms. The van der Waals surface area contributed by atoms with Gasteiger partial charge in [-0.15, -0.1) is 0 Å². The monoisotopic (exact) mass is 215 g/mol. The van der Waals surface area contributed by atoms with Crippen LogP contribution in [0.15, 0.2) is 0 Å². The highest BCUT2D eigenvalue weighted by Crippen LogP contribution is 2.24. The summed E-state index contributed by atoms with van der Waals surface area (Å²) in [6, 6.07) is 0. The van der Waals surface area contributed by atoms with E-state index in [1.54, 1.807) is 0 Å². The van der Waals surface area contributed by atoms with Gasteiger partial charge < -0.3 is 20.5 Å². The summed E-state index contributed by atoms with van der Waals surface area (Å²) in [5.41, 5.74) is 0. The predicted molar refractivity (Wildman–Crippen MR) is 56.3 cm³/mol. The van der Waals surface area contributed by atoms with Gasteiger partial charge in [0, 0.05) is 0 Å². The summed E-state index contributed by atoms with van der Waals surface area (Å²) < 4.78 is 0. The van der Waals surface area contributed by atoms with Gasteiger partial charge in [-0.3, -0.25) is 4.79 Å². The number of aliphatic carboxylic acids is 1. The lowest BCUT2D eigenvalue weighted by atomic mass is 9.78. The molecule has 1 aliphatic rings. The molecule has 0 spiro atoms. The van der Waals surface area contributed by atoms with Crippen molar-refractivity contribution < 1.29 is 19.9 Å². The molecule has 1 aliphatic heterocycles. The molecule has 6 heteroatoms. The molecule has 2 atom stereocenters. The van der Waals surface area contributed by atoms with Crippen LogP contribution in [0.25, 0.3) is 0 Å². The minimum Gasteiger partial charge on any atom is -0.481 e. The summed E-state index contributed by atoms with van der Waals surface area (Å²) in [7, 11) is -1.27. The van der Waals surface area contributed by atoms with Crippen LogP contribution in [0.3, 0.4) is 0 Å². The molecule has 0 amide bonds. The number of carboxylic acids is 1. The van der Waals surface area contributed by atoms with Crippen LogP contribution in [0.5, 0.6) is 0 Å². The zero-order valence-electron chi connectivity index (χ0n) is 8.72. The molecule has 5 nitrogen and oxygen atoms in total. The number of rotatable bonds is 5. The predicted octanol–water partition coefficient (Wildman–Crippen LogP) is -0.450. The Labute approximate surface area is 89.6 Å². The Morgan fingerprint density at radius 1 is 1.47 bits per heavy atom. The minimum atomic E-state index is -1.27. The Morgan fingerprint density at radius 2 is 2.20 bits per heavy atom. The van der Waals surface area contributed by atoms with Crippen LogP contribution in [-0.2, 0) is 4.79 Å². The first-order chi connectivity index (χ1) is 7.11. The van der Waals surface area contributed by atoms with E-state index in [0.717, 1.165) is 19.5 Å². The van der Waals surface area contributed by atoms with Crippen LogP contribution in [0.4, 0.5) is 0 Å². The van der Waals surface area contributed by atoms with E-state index in [9.17, 15) is 4.79 Å². The van der Waals surface area contributed by atoms with Crippen molar-refractivity contribution in [3.63, 3.8) is 0 Å².